The Morgan fingerprint density at radius 3 is 2.74 bits per heavy atom. The van der Waals surface area contributed by atoms with E-state index in [1.165, 1.54) is 32.9 Å². The van der Waals surface area contributed by atoms with Gasteiger partial charge in [-0.05, 0) is 18.2 Å². The van der Waals surface area contributed by atoms with E-state index in [1.807, 2.05) is 12.1 Å². The minimum Gasteiger partial charge on any atom is -0.455 e. The van der Waals surface area contributed by atoms with Gasteiger partial charge in [0.25, 0.3) is 5.82 Å². The van der Waals surface area contributed by atoms with E-state index in [0.29, 0.717) is 0 Å². The Balaban J connectivity index is 1.79. The predicted molar refractivity (Wildman–Crippen MR) is 90.3 cm³/mol. The van der Waals surface area contributed by atoms with Gasteiger partial charge in [0.05, 0.1) is 0 Å². The number of hydrogen-bond acceptors (Lipinski definition) is 1. The van der Waals surface area contributed by atoms with Crippen LogP contribution in [-0.4, -0.2) is 4.98 Å². The molecule has 1 N–H and O–H groups in total. The molecule has 0 fully saturated rings. The van der Waals surface area contributed by atoms with Crippen molar-refractivity contribution in [3.05, 3.63) is 66.2 Å². The number of benzene rings is 3. The van der Waals surface area contributed by atoms with Crippen LogP contribution in [0.5, 0.6) is 0 Å². The SMILES string of the molecule is c1ccc2c(c1)[nH]c1[n+]2Cc2ccc3c(oc4ccccc43)c2-1. The van der Waals surface area contributed by atoms with Crippen molar-refractivity contribution in [3.63, 3.8) is 0 Å². The largest absolute Gasteiger partial charge is 0.455 e. The van der Waals surface area contributed by atoms with Gasteiger partial charge in [0.15, 0.2) is 16.6 Å². The van der Waals surface area contributed by atoms with E-state index in [2.05, 4.69) is 58.1 Å². The lowest BCUT2D eigenvalue weighted by Gasteiger charge is -1.96. The fourth-order valence-electron chi connectivity index (χ4n) is 3.88. The molecule has 5 aromatic rings. The van der Waals surface area contributed by atoms with Crippen LogP contribution in [0.2, 0.25) is 0 Å². The molecule has 0 amide bonds. The van der Waals surface area contributed by atoms with Crippen LogP contribution in [0.1, 0.15) is 5.56 Å². The van der Waals surface area contributed by atoms with Crippen molar-refractivity contribution in [2.45, 2.75) is 6.54 Å². The number of H-pyrrole nitrogens is 1. The van der Waals surface area contributed by atoms with Gasteiger partial charge in [0.2, 0.25) is 0 Å². The molecular weight excluding hydrogens is 284 g/mol. The Morgan fingerprint density at radius 1 is 0.870 bits per heavy atom. The first kappa shape index (κ1) is 11.5. The summed E-state index contributed by atoms with van der Waals surface area (Å²) in [5.74, 6) is 1.14. The number of nitrogens with zero attached hydrogens (tertiary/aromatic N) is 1. The van der Waals surface area contributed by atoms with Crippen LogP contribution in [0, 0.1) is 0 Å². The van der Waals surface area contributed by atoms with Crippen LogP contribution in [0.25, 0.3) is 44.4 Å². The highest BCUT2D eigenvalue weighted by Gasteiger charge is 2.33. The third kappa shape index (κ3) is 1.33. The van der Waals surface area contributed by atoms with Gasteiger partial charge in [-0.3, -0.25) is 0 Å². The molecule has 0 saturated carbocycles. The number of nitrogens with one attached hydrogen (secondary N) is 1. The molecule has 1 aliphatic heterocycles. The molecule has 0 spiro atoms. The minimum atomic E-state index is 0.891. The lowest BCUT2D eigenvalue weighted by atomic mass is 10.0. The minimum absolute atomic E-state index is 0.891. The lowest BCUT2D eigenvalue weighted by molar-refractivity contribution is -0.645. The molecule has 6 rings (SSSR count). The Bertz CT molecular complexity index is 1240. The maximum atomic E-state index is 6.21. The highest BCUT2D eigenvalue weighted by molar-refractivity contribution is 6.09. The quantitative estimate of drug-likeness (QED) is 0.415. The van der Waals surface area contributed by atoms with Crippen molar-refractivity contribution >= 4 is 33.0 Å². The molecule has 1 aliphatic rings. The molecule has 0 atom stereocenters. The van der Waals surface area contributed by atoms with Gasteiger partial charge >= 0.3 is 0 Å². The van der Waals surface area contributed by atoms with E-state index < -0.39 is 0 Å². The molecule has 3 heteroatoms. The van der Waals surface area contributed by atoms with Gasteiger partial charge in [-0.1, -0.05) is 42.5 Å². The van der Waals surface area contributed by atoms with Gasteiger partial charge in [-0.2, -0.15) is 0 Å². The van der Waals surface area contributed by atoms with E-state index in [0.717, 1.165) is 23.5 Å². The average Bonchev–Trinajstić information content (AvgIpc) is 3.23. The van der Waals surface area contributed by atoms with Gasteiger partial charge < -0.3 is 4.42 Å². The zero-order chi connectivity index (χ0) is 15.0. The summed E-state index contributed by atoms with van der Waals surface area (Å²) in [6.07, 6.45) is 0. The summed E-state index contributed by atoms with van der Waals surface area (Å²) in [6.45, 7) is 0.891. The Labute approximate surface area is 131 Å². The molecule has 0 saturated heterocycles. The summed E-state index contributed by atoms with van der Waals surface area (Å²) in [6, 6.07) is 21.1. The van der Waals surface area contributed by atoms with Crippen LogP contribution in [0.4, 0.5) is 0 Å². The van der Waals surface area contributed by atoms with Gasteiger partial charge in [0, 0.05) is 16.3 Å². The molecule has 2 aromatic heterocycles. The van der Waals surface area contributed by atoms with Crippen molar-refractivity contribution < 1.29 is 8.98 Å². The van der Waals surface area contributed by atoms with Crippen molar-refractivity contribution in [2.75, 3.05) is 0 Å². The van der Waals surface area contributed by atoms with E-state index in [1.54, 1.807) is 0 Å². The topological polar surface area (TPSA) is 32.8 Å². The fourth-order valence-corrected chi connectivity index (χ4v) is 3.88. The van der Waals surface area contributed by atoms with Crippen LogP contribution in [0.15, 0.2) is 65.1 Å². The first-order valence-corrected chi connectivity index (χ1v) is 7.84. The number of para-hydroxylation sites is 3. The Morgan fingerprint density at radius 2 is 1.74 bits per heavy atom. The summed E-state index contributed by atoms with van der Waals surface area (Å²) in [5.41, 5.74) is 6.86. The molecule has 3 heterocycles. The highest BCUT2D eigenvalue weighted by Crippen LogP contribution is 2.39. The maximum Gasteiger partial charge on any atom is 0.292 e. The highest BCUT2D eigenvalue weighted by atomic mass is 16.3. The van der Waals surface area contributed by atoms with Gasteiger partial charge in [-0.15, -0.1) is 0 Å². The van der Waals surface area contributed by atoms with Crippen LogP contribution in [-0.2, 0) is 6.54 Å². The maximum absolute atomic E-state index is 6.21. The Hall–Kier alpha value is -3.07. The molecule has 0 bridgehead atoms. The van der Waals surface area contributed by atoms with Crippen molar-refractivity contribution in [2.24, 2.45) is 0 Å². The van der Waals surface area contributed by atoms with Crippen LogP contribution in [0.3, 0.4) is 0 Å². The molecule has 0 aliphatic carbocycles. The molecule has 3 aromatic carbocycles. The number of aromatic nitrogens is 2. The summed E-state index contributed by atoms with van der Waals surface area (Å²) in [7, 11) is 0. The Kier molecular flexibility index (Phi) is 1.91. The molecule has 0 radical (unpaired) electrons. The second kappa shape index (κ2) is 3.82. The van der Waals surface area contributed by atoms with Crippen molar-refractivity contribution in [3.8, 4) is 11.4 Å². The third-order valence-electron chi connectivity index (χ3n) is 4.92. The summed E-state index contributed by atoms with van der Waals surface area (Å²) in [4.78, 5) is 3.57. The van der Waals surface area contributed by atoms with Crippen LogP contribution >= 0.6 is 0 Å². The first-order chi connectivity index (χ1) is 11.4. The number of hydrogen-bond donors (Lipinski definition) is 1. The van der Waals surface area contributed by atoms with E-state index >= 15 is 0 Å². The van der Waals surface area contributed by atoms with Gasteiger partial charge in [0.1, 0.15) is 17.7 Å². The summed E-state index contributed by atoms with van der Waals surface area (Å²) >= 11 is 0. The molecular formula is C20H13N2O+. The van der Waals surface area contributed by atoms with E-state index in [9.17, 15) is 0 Å². The van der Waals surface area contributed by atoms with Gasteiger partial charge in [-0.25, -0.2) is 9.55 Å². The fraction of sp³-hybridized carbons (Fsp3) is 0.0500. The molecule has 23 heavy (non-hydrogen) atoms. The smallest absolute Gasteiger partial charge is 0.292 e. The lowest BCUT2D eigenvalue weighted by Crippen LogP contribution is -2.30. The molecule has 108 valence electrons. The standard InChI is InChI=1S/C20H12N2O/c1-4-8-17-13(5-1)14-10-9-12-11-22-16-7-3-2-6-15(16)21-20(22)18(12)19(14)23-17/h1-10H,11H2/p+1. The zero-order valence-corrected chi connectivity index (χ0v) is 12.3. The third-order valence-corrected chi connectivity index (χ3v) is 4.92. The number of furan rings is 1. The second-order valence-corrected chi connectivity index (χ2v) is 6.15. The predicted octanol–water partition coefficient (Wildman–Crippen LogP) is 4.38. The second-order valence-electron chi connectivity index (χ2n) is 6.15. The summed E-state index contributed by atoms with van der Waals surface area (Å²) in [5, 5.41) is 2.37. The normalized spacial score (nSPS) is 13.0. The molecule has 0 unspecified atom stereocenters. The summed E-state index contributed by atoms with van der Waals surface area (Å²) < 4.78 is 8.55. The van der Waals surface area contributed by atoms with Crippen molar-refractivity contribution in [1.29, 1.82) is 0 Å². The van der Waals surface area contributed by atoms with E-state index in [4.69, 9.17) is 4.42 Å². The zero-order valence-electron chi connectivity index (χ0n) is 12.3. The number of fused-ring (bicyclic) bond motifs is 9. The average molecular weight is 297 g/mol. The van der Waals surface area contributed by atoms with Crippen LogP contribution < -0.4 is 4.57 Å². The first-order valence-electron chi connectivity index (χ1n) is 7.84. The monoisotopic (exact) mass is 297 g/mol. The number of imidazole rings is 1. The van der Waals surface area contributed by atoms with Crippen molar-refractivity contribution in [1.82, 2.24) is 4.98 Å². The number of aromatic amines is 1. The number of rotatable bonds is 0. The molecule has 3 nitrogen and oxygen atoms in total. The van der Waals surface area contributed by atoms with E-state index in [-0.39, 0.29) is 0 Å².